The van der Waals surface area contributed by atoms with Crippen molar-refractivity contribution < 1.29 is 9.90 Å². The quantitative estimate of drug-likeness (QED) is 0.718. The molecule has 0 bridgehead atoms. The number of carbonyl (C=O) groups is 1. The molecular weight excluding hydrogens is 252 g/mol. The Morgan fingerprint density at radius 3 is 2.95 bits per heavy atom. The van der Waals surface area contributed by atoms with Crippen LogP contribution in [0.5, 0.6) is 0 Å². The highest BCUT2D eigenvalue weighted by molar-refractivity contribution is 5.94. The lowest BCUT2D eigenvalue weighted by Gasteiger charge is -2.26. The summed E-state index contributed by atoms with van der Waals surface area (Å²) in [5.41, 5.74) is 6.95. The van der Waals surface area contributed by atoms with Gasteiger partial charge in [0.15, 0.2) is 0 Å². The number of carboxylic acids is 1. The van der Waals surface area contributed by atoms with E-state index in [2.05, 4.69) is 12.2 Å². The maximum atomic E-state index is 11.0. The fourth-order valence-electron chi connectivity index (χ4n) is 3.09. The first kappa shape index (κ1) is 14.7. The number of carboxylic acid groups (broad SMARTS) is 1. The van der Waals surface area contributed by atoms with Gasteiger partial charge in [-0.25, -0.2) is 4.79 Å². The van der Waals surface area contributed by atoms with E-state index in [0.717, 1.165) is 30.5 Å². The highest BCUT2D eigenvalue weighted by atomic mass is 16.4. The third kappa shape index (κ3) is 3.89. The molecule has 4 nitrogen and oxygen atoms in total. The van der Waals surface area contributed by atoms with Crippen LogP contribution in [0.4, 0.5) is 11.4 Å². The second kappa shape index (κ2) is 6.64. The van der Waals surface area contributed by atoms with Crippen molar-refractivity contribution in [2.75, 3.05) is 17.6 Å². The minimum atomic E-state index is -0.979. The van der Waals surface area contributed by atoms with Crippen LogP contribution in [-0.2, 0) is 0 Å². The summed E-state index contributed by atoms with van der Waals surface area (Å²) in [4.78, 5) is 11.0. The Morgan fingerprint density at radius 2 is 2.25 bits per heavy atom. The fourth-order valence-corrected chi connectivity index (χ4v) is 3.09. The summed E-state index contributed by atoms with van der Waals surface area (Å²) in [5, 5.41) is 12.4. The van der Waals surface area contributed by atoms with E-state index in [9.17, 15) is 4.79 Å². The molecule has 4 heteroatoms. The lowest BCUT2D eigenvalue weighted by Crippen LogP contribution is -2.16. The van der Waals surface area contributed by atoms with Gasteiger partial charge >= 0.3 is 5.97 Å². The van der Waals surface area contributed by atoms with Gasteiger partial charge in [-0.15, -0.1) is 0 Å². The molecule has 1 aromatic rings. The molecule has 2 unspecified atom stereocenters. The summed E-state index contributed by atoms with van der Waals surface area (Å²) in [6, 6.07) is 5.10. The third-order valence-corrected chi connectivity index (χ3v) is 4.21. The minimum absolute atomic E-state index is 0.168. The van der Waals surface area contributed by atoms with Crippen molar-refractivity contribution in [2.24, 2.45) is 11.8 Å². The van der Waals surface area contributed by atoms with E-state index in [1.54, 1.807) is 12.1 Å². The van der Waals surface area contributed by atoms with Crippen LogP contribution in [0, 0.1) is 11.8 Å². The minimum Gasteiger partial charge on any atom is -0.478 e. The number of benzene rings is 1. The monoisotopic (exact) mass is 276 g/mol. The summed E-state index contributed by atoms with van der Waals surface area (Å²) in [5.74, 6) is 0.676. The number of aromatic carboxylic acids is 1. The molecule has 1 saturated carbocycles. The molecule has 2 rings (SSSR count). The van der Waals surface area contributed by atoms with Gasteiger partial charge in [-0.2, -0.15) is 0 Å². The first-order valence-corrected chi connectivity index (χ1v) is 7.43. The molecular formula is C16H24N2O2. The lowest BCUT2D eigenvalue weighted by molar-refractivity contribution is 0.0698. The Balaban J connectivity index is 1.85. The van der Waals surface area contributed by atoms with Crippen LogP contribution in [0.15, 0.2) is 18.2 Å². The van der Waals surface area contributed by atoms with Crippen molar-refractivity contribution in [3.05, 3.63) is 23.8 Å². The smallest absolute Gasteiger partial charge is 0.337 e. The first-order chi connectivity index (χ1) is 9.56. The standard InChI is InChI=1S/C16H24N2O2/c1-11-3-2-4-12(9-11)7-8-18-13-5-6-15(17)14(10-13)16(19)20/h5-6,10-12,18H,2-4,7-9,17H2,1H3,(H,19,20). The molecule has 0 heterocycles. The van der Waals surface area contributed by atoms with Crippen molar-refractivity contribution in [3.8, 4) is 0 Å². The Morgan fingerprint density at radius 1 is 1.45 bits per heavy atom. The molecule has 0 spiro atoms. The predicted octanol–water partition coefficient (Wildman–Crippen LogP) is 3.60. The van der Waals surface area contributed by atoms with Crippen molar-refractivity contribution >= 4 is 17.3 Å². The van der Waals surface area contributed by atoms with Gasteiger partial charge in [0.05, 0.1) is 5.56 Å². The summed E-state index contributed by atoms with van der Waals surface area (Å²) >= 11 is 0. The Bertz CT molecular complexity index is 474. The number of anilines is 2. The molecule has 0 saturated heterocycles. The van der Waals surface area contributed by atoms with Crippen LogP contribution in [0.2, 0.25) is 0 Å². The predicted molar refractivity (Wildman–Crippen MR) is 82.0 cm³/mol. The van der Waals surface area contributed by atoms with Crippen LogP contribution in [0.25, 0.3) is 0 Å². The van der Waals surface area contributed by atoms with Gasteiger partial charge < -0.3 is 16.2 Å². The van der Waals surface area contributed by atoms with Gasteiger partial charge in [0.1, 0.15) is 0 Å². The molecule has 4 N–H and O–H groups in total. The molecule has 110 valence electrons. The van der Waals surface area contributed by atoms with Crippen LogP contribution < -0.4 is 11.1 Å². The maximum Gasteiger partial charge on any atom is 0.337 e. The number of nitrogens with one attached hydrogen (secondary N) is 1. The topological polar surface area (TPSA) is 75.3 Å². The second-order valence-electron chi connectivity index (χ2n) is 5.96. The largest absolute Gasteiger partial charge is 0.478 e. The van der Waals surface area contributed by atoms with Gasteiger partial charge in [-0.3, -0.25) is 0 Å². The van der Waals surface area contributed by atoms with Gasteiger partial charge in [0.2, 0.25) is 0 Å². The summed E-state index contributed by atoms with van der Waals surface area (Å²) in [7, 11) is 0. The molecule has 1 aliphatic rings. The van der Waals surface area contributed by atoms with E-state index in [4.69, 9.17) is 10.8 Å². The van der Waals surface area contributed by atoms with E-state index < -0.39 is 5.97 Å². The van der Waals surface area contributed by atoms with Gasteiger partial charge in [-0.05, 0) is 42.9 Å². The molecule has 1 aromatic carbocycles. The zero-order valence-electron chi connectivity index (χ0n) is 12.1. The SMILES string of the molecule is CC1CCCC(CCNc2ccc(N)c(C(=O)O)c2)C1. The first-order valence-electron chi connectivity index (χ1n) is 7.43. The number of rotatable bonds is 5. The molecule has 2 atom stereocenters. The van der Waals surface area contributed by atoms with Crippen molar-refractivity contribution in [3.63, 3.8) is 0 Å². The van der Waals surface area contributed by atoms with Crippen LogP contribution in [0.3, 0.4) is 0 Å². The zero-order valence-corrected chi connectivity index (χ0v) is 12.1. The molecule has 0 aromatic heterocycles. The number of nitrogens with two attached hydrogens (primary N) is 1. The van der Waals surface area contributed by atoms with Crippen LogP contribution in [-0.4, -0.2) is 17.6 Å². The van der Waals surface area contributed by atoms with Crippen molar-refractivity contribution in [1.82, 2.24) is 0 Å². The lowest BCUT2D eigenvalue weighted by atomic mass is 9.81. The van der Waals surface area contributed by atoms with E-state index >= 15 is 0 Å². The van der Waals surface area contributed by atoms with Crippen LogP contribution in [0.1, 0.15) is 49.4 Å². The molecule has 0 radical (unpaired) electrons. The van der Waals surface area contributed by atoms with Gasteiger partial charge in [-0.1, -0.05) is 26.2 Å². The summed E-state index contributed by atoms with van der Waals surface area (Å²) in [6.45, 7) is 3.22. The zero-order chi connectivity index (χ0) is 14.5. The Hall–Kier alpha value is -1.71. The molecule has 20 heavy (non-hydrogen) atoms. The molecule has 0 amide bonds. The van der Waals surface area contributed by atoms with Gasteiger partial charge in [0.25, 0.3) is 0 Å². The number of hydrogen-bond acceptors (Lipinski definition) is 3. The van der Waals surface area contributed by atoms with E-state index in [-0.39, 0.29) is 5.56 Å². The van der Waals surface area contributed by atoms with Gasteiger partial charge in [0, 0.05) is 17.9 Å². The fraction of sp³-hybridized carbons (Fsp3) is 0.562. The average molecular weight is 276 g/mol. The van der Waals surface area contributed by atoms with Crippen molar-refractivity contribution in [1.29, 1.82) is 0 Å². The summed E-state index contributed by atoms with van der Waals surface area (Å²) in [6.07, 6.45) is 6.51. The highest BCUT2D eigenvalue weighted by Crippen LogP contribution is 2.30. The average Bonchev–Trinajstić information content (AvgIpc) is 2.40. The normalized spacial score (nSPS) is 22.4. The van der Waals surface area contributed by atoms with E-state index in [0.29, 0.717) is 5.69 Å². The molecule has 1 aliphatic carbocycles. The number of nitrogen functional groups attached to an aromatic ring is 1. The maximum absolute atomic E-state index is 11.0. The number of hydrogen-bond donors (Lipinski definition) is 3. The third-order valence-electron chi connectivity index (χ3n) is 4.21. The van der Waals surface area contributed by atoms with Crippen LogP contribution >= 0.6 is 0 Å². The van der Waals surface area contributed by atoms with E-state index in [1.807, 2.05) is 6.07 Å². The molecule has 0 aliphatic heterocycles. The van der Waals surface area contributed by atoms with Crippen molar-refractivity contribution in [2.45, 2.75) is 39.0 Å². The summed E-state index contributed by atoms with van der Waals surface area (Å²) < 4.78 is 0. The Kier molecular flexibility index (Phi) is 4.88. The second-order valence-corrected chi connectivity index (χ2v) is 5.96. The molecule has 1 fully saturated rings. The highest BCUT2D eigenvalue weighted by Gasteiger charge is 2.18. The van der Waals surface area contributed by atoms with E-state index in [1.165, 1.54) is 25.7 Å². The Labute approximate surface area is 120 Å².